The number of rotatable bonds is 5. The third-order valence-electron chi connectivity index (χ3n) is 3.13. The number of likely N-dealkylation sites (N-methyl/N-ethyl adjacent to an activating group) is 1. The first-order chi connectivity index (χ1) is 9.67. The predicted octanol–water partition coefficient (Wildman–Crippen LogP) is 2.10. The van der Waals surface area contributed by atoms with Crippen LogP contribution in [0.2, 0.25) is 0 Å². The molecule has 0 bridgehead atoms. The zero-order valence-corrected chi connectivity index (χ0v) is 11.7. The second-order valence-electron chi connectivity index (χ2n) is 4.42. The fourth-order valence-corrected chi connectivity index (χ4v) is 2.04. The van der Waals surface area contributed by atoms with E-state index in [2.05, 4.69) is 4.98 Å². The van der Waals surface area contributed by atoms with Gasteiger partial charge in [-0.25, -0.2) is 4.98 Å². The van der Waals surface area contributed by atoms with Gasteiger partial charge in [0.05, 0.1) is 24.1 Å². The summed E-state index contributed by atoms with van der Waals surface area (Å²) in [5.74, 6) is 0.562. The van der Waals surface area contributed by atoms with Crippen molar-refractivity contribution in [3.63, 3.8) is 0 Å². The molecule has 2 rings (SSSR count). The molecule has 0 saturated carbocycles. The van der Waals surface area contributed by atoms with Gasteiger partial charge in [0.25, 0.3) is 5.91 Å². The fourth-order valence-electron chi connectivity index (χ4n) is 2.04. The molecular formula is C15H18N2O3. The van der Waals surface area contributed by atoms with Gasteiger partial charge in [-0.15, -0.1) is 0 Å². The lowest BCUT2D eigenvalue weighted by Gasteiger charge is -2.20. The first kappa shape index (κ1) is 14.3. The Morgan fingerprint density at radius 3 is 2.75 bits per heavy atom. The van der Waals surface area contributed by atoms with Crippen molar-refractivity contribution in [1.82, 2.24) is 9.88 Å². The smallest absolute Gasteiger partial charge is 0.255 e. The Balaban J connectivity index is 2.27. The summed E-state index contributed by atoms with van der Waals surface area (Å²) in [6, 6.07) is 7.15. The van der Waals surface area contributed by atoms with Crippen LogP contribution in [0.15, 0.2) is 34.9 Å². The molecule has 5 heteroatoms. The molecule has 0 spiro atoms. The van der Waals surface area contributed by atoms with Crippen LogP contribution in [0.5, 0.6) is 0 Å². The van der Waals surface area contributed by atoms with Gasteiger partial charge in [0.2, 0.25) is 0 Å². The molecule has 0 fully saturated rings. The second-order valence-corrected chi connectivity index (χ2v) is 4.42. The number of carbonyl (C=O) groups is 1. The van der Waals surface area contributed by atoms with Crippen LogP contribution in [-0.4, -0.2) is 40.6 Å². The summed E-state index contributed by atoms with van der Waals surface area (Å²) in [7, 11) is 0. The Morgan fingerprint density at radius 1 is 1.40 bits per heavy atom. The van der Waals surface area contributed by atoms with Crippen molar-refractivity contribution >= 4 is 5.91 Å². The topological polar surface area (TPSA) is 66.6 Å². The van der Waals surface area contributed by atoms with Gasteiger partial charge in [0, 0.05) is 13.1 Å². The van der Waals surface area contributed by atoms with Gasteiger partial charge in [-0.3, -0.25) is 4.79 Å². The van der Waals surface area contributed by atoms with Crippen molar-refractivity contribution in [2.75, 3.05) is 19.7 Å². The van der Waals surface area contributed by atoms with Crippen LogP contribution in [-0.2, 0) is 0 Å². The quantitative estimate of drug-likeness (QED) is 0.906. The molecule has 0 aliphatic heterocycles. The molecule has 0 atom stereocenters. The Labute approximate surface area is 117 Å². The highest BCUT2D eigenvalue weighted by atomic mass is 16.3. The summed E-state index contributed by atoms with van der Waals surface area (Å²) >= 11 is 0. The van der Waals surface area contributed by atoms with Gasteiger partial charge in [0.15, 0.2) is 5.76 Å². The highest BCUT2D eigenvalue weighted by Gasteiger charge is 2.17. The minimum absolute atomic E-state index is 0.0451. The summed E-state index contributed by atoms with van der Waals surface area (Å²) in [6.07, 6.45) is 1.59. The molecule has 0 radical (unpaired) electrons. The van der Waals surface area contributed by atoms with Gasteiger partial charge >= 0.3 is 0 Å². The maximum atomic E-state index is 12.3. The molecule has 5 nitrogen and oxygen atoms in total. The standard InChI is InChI=1S/C15H18N2O3/c1-3-17(8-9-18)15(19)12-6-7-13(16-11(12)2)14-5-4-10-20-14/h4-7,10,18H,3,8-9H2,1-2H3. The van der Waals surface area contributed by atoms with Gasteiger partial charge in [-0.05, 0) is 38.1 Å². The summed E-state index contributed by atoms with van der Waals surface area (Å²) in [4.78, 5) is 18.3. The number of amides is 1. The van der Waals surface area contributed by atoms with E-state index in [1.54, 1.807) is 36.3 Å². The molecule has 2 heterocycles. The number of nitrogens with zero attached hydrogens (tertiary/aromatic N) is 2. The SMILES string of the molecule is CCN(CCO)C(=O)c1ccc(-c2ccco2)nc1C. The molecule has 2 aromatic heterocycles. The maximum Gasteiger partial charge on any atom is 0.255 e. The van der Waals surface area contributed by atoms with Crippen molar-refractivity contribution in [2.24, 2.45) is 0 Å². The summed E-state index contributed by atoms with van der Waals surface area (Å²) in [5, 5.41) is 8.98. The van der Waals surface area contributed by atoms with E-state index in [0.29, 0.717) is 35.8 Å². The lowest BCUT2D eigenvalue weighted by Crippen LogP contribution is -2.33. The van der Waals surface area contributed by atoms with Gasteiger partial charge in [-0.2, -0.15) is 0 Å². The highest BCUT2D eigenvalue weighted by molar-refractivity contribution is 5.95. The lowest BCUT2D eigenvalue weighted by atomic mass is 10.1. The van der Waals surface area contributed by atoms with Gasteiger partial charge < -0.3 is 14.4 Å². The molecule has 0 unspecified atom stereocenters. The molecule has 2 aromatic rings. The van der Waals surface area contributed by atoms with Gasteiger partial charge in [0.1, 0.15) is 5.69 Å². The number of aromatic nitrogens is 1. The molecule has 0 aliphatic rings. The van der Waals surface area contributed by atoms with Crippen molar-refractivity contribution in [3.05, 3.63) is 41.8 Å². The number of hydrogen-bond donors (Lipinski definition) is 1. The van der Waals surface area contributed by atoms with Crippen molar-refractivity contribution < 1.29 is 14.3 Å². The van der Waals surface area contributed by atoms with E-state index < -0.39 is 0 Å². The van der Waals surface area contributed by atoms with E-state index in [1.165, 1.54) is 0 Å². The second kappa shape index (κ2) is 6.34. The van der Waals surface area contributed by atoms with E-state index in [4.69, 9.17) is 9.52 Å². The van der Waals surface area contributed by atoms with Crippen LogP contribution in [0, 0.1) is 6.92 Å². The predicted molar refractivity (Wildman–Crippen MR) is 75.3 cm³/mol. The summed E-state index contributed by atoms with van der Waals surface area (Å²) < 4.78 is 5.29. The highest BCUT2D eigenvalue weighted by Crippen LogP contribution is 2.20. The molecule has 0 aliphatic carbocycles. The van der Waals surface area contributed by atoms with Crippen LogP contribution in [0.1, 0.15) is 23.0 Å². The Morgan fingerprint density at radius 2 is 2.20 bits per heavy atom. The van der Waals surface area contributed by atoms with Crippen molar-refractivity contribution in [3.8, 4) is 11.5 Å². The van der Waals surface area contributed by atoms with Crippen molar-refractivity contribution in [2.45, 2.75) is 13.8 Å². The Bertz CT molecular complexity index is 579. The number of aryl methyl sites for hydroxylation is 1. The van der Waals surface area contributed by atoms with Crippen LogP contribution in [0.25, 0.3) is 11.5 Å². The number of hydrogen-bond acceptors (Lipinski definition) is 4. The average molecular weight is 274 g/mol. The zero-order chi connectivity index (χ0) is 14.5. The van der Waals surface area contributed by atoms with E-state index in [-0.39, 0.29) is 12.5 Å². The minimum atomic E-state index is -0.113. The summed E-state index contributed by atoms with van der Waals surface area (Å²) in [6.45, 7) is 4.52. The Kier molecular flexibility index (Phi) is 4.53. The van der Waals surface area contributed by atoms with E-state index in [9.17, 15) is 4.79 Å². The molecule has 1 amide bonds. The van der Waals surface area contributed by atoms with Crippen LogP contribution < -0.4 is 0 Å². The third-order valence-corrected chi connectivity index (χ3v) is 3.13. The normalized spacial score (nSPS) is 10.6. The Hall–Kier alpha value is -2.14. The van der Waals surface area contributed by atoms with Crippen LogP contribution in [0.4, 0.5) is 0 Å². The molecule has 106 valence electrons. The van der Waals surface area contributed by atoms with Crippen molar-refractivity contribution in [1.29, 1.82) is 0 Å². The molecule has 0 aromatic carbocycles. The first-order valence-electron chi connectivity index (χ1n) is 6.59. The number of carbonyl (C=O) groups excluding carboxylic acids is 1. The van der Waals surface area contributed by atoms with Crippen LogP contribution in [0.3, 0.4) is 0 Å². The van der Waals surface area contributed by atoms with Gasteiger partial charge in [-0.1, -0.05) is 0 Å². The number of aliphatic hydroxyl groups is 1. The molecule has 0 saturated heterocycles. The number of aliphatic hydroxyl groups excluding tert-OH is 1. The van der Waals surface area contributed by atoms with E-state index in [1.807, 2.05) is 13.0 Å². The number of furan rings is 1. The van der Waals surface area contributed by atoms with E-state index in [0.717, 1.165) is 0 Å². The third kappa shape index (κ3) is 2.88. The monoisotopic (exact) mass is 274 g/mol. The maximum absolute atomic E-state index is 12.3. The largest absolute Gasteiger partial charge is 0.463 e. The zero-order valence-electron chi connectivity index (χ0n) is 11.7. The molecule has 20 heavy (non-hydrogen) atoms. The summed E-state index contributed by atoms with van der Waals surface area (Å²) in [5.41, 5.74) is 1.91. The molecular weight excluding hydrogens is 256 g/mol. The average Bonchev–Trinajstić information content (AvgIpc) is 2.98. The van der Waals surface area contributed by atoms with Crippen LogP contribution >= 0.6 is 0 Å². The lowest BCUT2D eigenvalue weighted by molar-refractivity contribution is 0.0731. The molecule has 1 N–H and O–H groups in total. The first-order valence-corrected chi connectivity index (χ1v) is 6.59. The van der Waals surface area contributed by atoms with E-state index >= 15 is 0 Å². The minimum Gasteiger partial charge on any atom is -0.463 e. The fraction of sp³-hybridized carbons (Fsp3) is 0.333. The number of pyridine rings is 1.